The summed E-state index contributed by atoms with van der Waals surface area (Å²) < 4.78 is 26.7. The van der Waals surface area contributed by atoms with Gasteiger partial charge in [0.15, 0.2) is 0 Å². The predicted molar refractivity (Wildman–Crippen MR) is 76.2 cm³/mol. The van der Waals surface area contributed by atoms with Gasteiger partial charge in [0, 0.05) is 12.6 Å². The SMILES string of the molecule is CCCNCC(CC)(CC)Cc1ccc(F)cc1F. The van der Waals surface area contributed by atoms with Crippen molar-refractivity contribution in [3.8, 4) is 0 Å². The van der Waals surface area contributed by atoms with Crippen molar-refractivity contribution in [2.24, 2.45) is 5.41 Å². The van der Waals surface area contributed by atoms with Crippen LogP contribution in [0.4, 0.5) is 8.78 Å². The third-order valence-corrected chi connectivity index (χ3v) is 4.01. The highest BCUT2D eigenvalue weighted by Crippen LogP contribution is 2.31. The van der Waals surface area contributed by atoms with E-state index in [1.165, 1.54) is 6.07 Å². The molecular formula is C16H25F2N. The molecule has 0 amide bonds. The summed E-state index contributed by atoms with van der Waals surface area (Å²) in [5, 5.41) is 3.43. The minimum Gasteiger partial charge on any atom is -0.316 e. The molecule has 0 saturated heterocycles. The Balaban J connectivity index is 2.81. The summed E-state index contributed by atoms with van der Waals surface area (Å²) in [6, 6.07) is 3.89. The standard InChI is InChI=1S/C16H25F2N/c1-4-9-19-12-16(5-2,6-3)11-13-7-8-14(17)10-15(13)18/h7-8,10,19H,4-6,9,11-12H2,1-3H3. The first-order valence-electron chi connectivity index (χ1n) is 7.21. The van der Waals surface area contributed by atoms with E-state index in [1.54, 1.807) is 6.07 Å². The topological polar surface area (TPSA) is 12.0 Å². The molecule has 0 aliphatic carbocycles. The molecule has 1 aromatic carbocycles. The average Bonchev–Trinajstić information content (AvgIpc) is 2.41. The van der Waals surface area contributed by atoms with Gasteiger partial charge < -0.3 is 5.32 Å². The van der Waals surface area contributed by atoms with E-state index in [4.69, 9.17) is 0 Å². The van der Waals surface area contributed by atoms with Gasteiger partial charge >= 0.3 is 0 Å². The normalized spacial score (nSPS) is 11.8. The molecule has 0 saturated carbocycles. The van der Waals surface area contributed by atoms with Crippen molar-refractivity contribution in [3.63, 3.8) is 0 Å². The fourth-order valence-electron chi connectivity index (χ4n) is 2.41. The van der Waals surface area contributed by atoms with E-state index in [1.807, 2.05) is 0 Å². The Bertz CT molecular complexity index is 386. The number of hydrogen-bond donors (Lipinski definition) is 1. The third-order valence-electron chi connectivity index (χ3n) is 4.01. The second-order valence-electron chi connectivity index (χ2n) is 5.30. The van der Waals surface area contributed by atoms with Crippen LogP contribution in [0.3, 0.4) is 0 Å². The van der Waals surface area contributed by atoms with Gasteiger partial charge in [0.1, 0.15) is 11.6 Å². The summed E-state index contributed by atoms with van der Waals surface area (Å²) in [4.78, 5) is 0. The number of hydrogen-bond acceptors (Lipinski definition) is 1. The molecule has 0 fully saturated rings. The van der Waals surface area contributed by atoms with E-state index in [9.17, 15) is 8.78 Å². The number of benzene rings is 1. The van der Waals surface area contributed by atoms with Crippen molar-refractivity contribution in [2.45, 2.75) is 46.5 Å². The zero-order valence-electron chi connectivity index (χ0n) is 12.2. The molecule has 0 aliphatic rings. The molecule has 0 aliphatic heterocycles. The molecule has 0 heterocycles. The molecule has 1 aromatic rings. The molecule has 1 rings (SSSR count). The van der Waals surface area contributed by atoms with Gasteiger partial charge in [-0.2, -0.15) is 0 Å². The summed E-state index contributed by atoms with van der Waals surface area (Å²) in [6.07, 6.45) is 3.71. The summed E-state index contributed by atoms with van der Waals surface area (Å²) in [7, 11) is 0. The largest absolute Gasteiger partial charge is 0.316 e. The first-order chi connectivity index (χ1) is 9.06. The maximum atomic E-state index is 13.8. The summed E-state index contributed by atoms with van der Waals surface area (Å²) >= 11 is 0. The van der Waals surface area contributed by atoms with E-state index in [0.29, 0.717) is 12.0 Å². The third kappa shape index (κ3) is 4.57. The Morgan fingerprint density at radius 2 is 1.79 bits per heavy atom. The van der Waals surface area contributed by atoms with Crippen LogP contribution >= 0.6 is 0 Å². The van der Waals surface area contributed by atoms with Crippen LogP contribution in [0.25, 0.3) is 0 Å². The maximum Gasteiger partial charge on any atom is 0.129 e. The van der Waals surface area contributed by atoms with Crippen molar-refractivity contribution in [2.75, 3.05) is 13.1 Å². The highest BCUT2D eigenvalue weighted by molar-refractivity contribution is 5.20. The molecule has 0 aromatic heterocycles. The zero-order valence-corrected chi connectivity index (χ0v) is 12.2. The van der Waals surface area contributed by atoms with Crippen LogP contribution in [-0.2, 0) is 6.42 Å². The second-order valence-corrected chi connectivity index (χ2v) is 5.30. The van der Waals surface area contributed by atoms with E-state index in [-0.39, 0.29) is 5.41 Å². The van der Waals surface area contributed by atoms with Crippen molar-refractivity contribution in [1.82, 2.24) is 5.32 Å². The molecule has 3 heteroatoms. The minimum absolute atomic E-state index is 0.0494. The Kier molecular flexibility index (Phi) is 6.43. The predicted octanol–water partition coefficient (Wildman–Crippen LogP) is 4.31. The average molecular weight is 269 g/mol. The fraction of sp³-hybridized carbons (Fsp3) is 0.625. The summed E-state index contributed by atoms with van der Waals surface area (Å²) in [6.45, 7) is 8.27. The molecular weight excluding hydrogens is 244 g/mol. The highest BCUT2D eigenvalue weighted by atomic mass is 19.1. The van der Waals surface area contributed by atoms with Crippen LogP contribution < -0.4 is 5.32 Å². The van der Waals surface area contributed by atoms with Gasteiger partial charge in [0.25, 0.3) is 0 Å². The molecule has 0 radical (unpaired) electrons. The van der Waals surface area contributed by atoms with Gasteiger partial charge in [0.2, 0.25) is 0 Å². The lowest BCUT2D eigenvalue weighted by atomic mass is 9.76. The second kappa shape index (κ2) is 7.59. The van der Waals surface area contributed by atoms with Crippen molar-refractivity contribution >= 4 is 0 Å². The van der Waals surface area contributed by atoms with Gasteiger partial charge in [0.05, 0.1) is 0 Å². The molecule has 1 N–H and O–H groups in total. The number of nitrogens with one attached hydrogen (secondary N) is 1. The van der Waals surface area contributed by atoms with Gasteiger partial charge in [-0.3, -0.25) is 0 Å². The lowest BCUT2D eigenvalue weighted by Gasteiger charge is -2.32. The Morgan fingerprint density at radius 3 is 2.32 bits per heavy atom. The maximum absolute atomic E-state index is 13.8. The Morgan fingerprint density at radius 1 is 1.11 bits per heavy atom. The van der Waals surface area contributed by atoms with Crippen LogP contribution in [0.5, 0.6) is 0 Å². The van der Waals surface area contributed by atoms with Crippen LogP contribution in [0.15, 0.2) is 18.2 Å². The summed E-state index contributed by atoms with van der Waals surface area (Å²) in [5.41, 5.74) is 0.664. The van der Waals surface area contributed by atoms with E-state index in [0.717, 1.165) is 38.4 Å². The zero-order chi connectivity index (χ0) is 14.3. The van der Waals surface area contributed by atoms with E-state index >= 15 is 0 Å². The van der Waals surface area contributed by atoms with Gasteiger partial charge in [-0.15, -0.1) is 0 Å². The smallest absolute Gasteiger partial charge is 0.129 e. The van der Waals surface area contributed by atoms with Gasteiger partial charge in [-0.05, 0) is 49.3 Å². The van der Waals surface area contributed by atoms with Gasteiger partial charge in [-0.1, -0.05) is 26.8 Å². The van der Waals surface area contributed by atoms with E-state index in [2.05, 4.69) is 26.1 Å². The highest BCUT2D eigenvalue weighted by Gasteiger charge is 2.27. The van der Waals surface area contributed by atoms with Crippen LogP contribution in [0.2, 0.25) is 0 Å². The molecule has 0 spiro atoms. The van der Waals surface area contributed by atoms with Crippen molar-refractivity contribution in [1.29, 1.82) is 0 Å². The Hall–Kier alpha value is -0.960. The molecule has 19 heavy (non-hydrogen) atoms. The number of halogens is 2. The van der Waals surface area contributed by atoms with Crippen LogP contribution in [0.1, 0.15) is 45.6 Å². The molecule has 108 valence electrons. The monoisotopic (exact) mass is 269 g/mol. The molecule has 1 nitrogen and oxygen atoms in total. The molecule has 0 unspecified atom stereocenters. The van der Waals surface area contributed by atoms with Crippen LogP contribution in [-0.4, -0.2) is 13.1 Å². The van der Waals surface area contributed by atoms with Crippen molar-refractivity contribution < 1.29 is 8.78 Å². The van der Waals surface area contributed by atoms with Crippen LogP contribution in [0, 0.1) is 17.0 Å². The first kappa shape index (κ1) is 16.1. The Labute approximate surface area is 115 Å². The van der Waals surface area contributed by atoms with E-state index < -0.39 is 11.6 Å². The van der Waals surface area contributed by atoms with Gasteiger partial charge in [-0.25, -0.2) is 8.78 Å². The first-order valence-corrected chi connectivity index (χ1v) is 7.21. The lowest BCUT2D eigenvalue weighted by Crippen LogP contribution is -2.36. The quantitative estimate of drug-likeness (QED) is 0.693. The number of rotatable bonds is 8. The minimum atomic E-state index is -0.510. The summed E-state index contributed by atoms with van der Waals surface area (Å²) in [5.74, 6) is -0.939. The molecule has 0 atom stereocenters. The van der Waals surface area contributed by atoms with Crippen molar-refractivity contribution in [3.05, 3.63) is 35.4 Å². The fourth-order valence-corrected chi connectivity index (χ4v) is 2.41. The molecule has 0 bridgehead atoms. The lowest BCUT2D eigenvalue weighted by molar-refractivity contribution is 0.244.